The number of sulfonamides is 1. The molecule has 0 saturated carbocycles. The molecule has 0 aliphatic heterocycles. The minimum Gasteiger partial charge on any atom is -0.346 e. The molecule has 3 aromatic rings. The largest absolute Gasteiger partial charge is 0.346 e. The summed E-state index contributed by atoms with van der Waals surface area (Å²) in [7, 11) is -3.50. The van der Waals surface area contributed by atoms with Gasteiger partial charge in [0.05, 0.1) is 16.6 Å². The molecule has 1 amide bonds. The number of rotatable bonds is 8. The topological polar surface area (TPSA) is 97.2 Å². The van der Waals surface area contributed by atoms with Gasteiger partial charge >= 0.3 is 0 Å². The summed E-state index contributed by atoms with van der Waals surface area (Å²) in [4.78, 5) is 16.7. The Bertz CT molecular complexity index is 1070. The lowest BCUT2D eigenvalue weighted by Crippen LogP contribution is -2.30. The Morgan fingerprint density at radius 3 is 2.23 bits per heavy atom. The van der Waals surface area contributed by atoms with Crippen molar-refractivity contribution >= 4 is 15.9 Å². The van der Waals surface area contributed by atoms with E-state index >= 15 is 0 Å². The highest BCUT2D eigenvalue weighted by Gasteiger charge is 2.21. The van der Waals surface area contributed by atoms with Crippen molar-refractivity contribution in [1.82, 2.24) is 24.4 Å². The van der Waals surface area contributed by atoms with Crippen molar-refractivity contribution in [3.63, 3.8) is 0 Å². The van der Waals surface area contributed by atoms with Crippen molar-refractivity contribution in [2.75, 3.05) is 13.1 Å². The van der Waals surface area contributed by atoms with Crippen LogP contribution in [-0.2, 0) is 10.0 Å². The lowest BCUT2D eigenvalue weighted by Gasteiger charge is -2.19. The fourth-order valence-electron chi connectivity index (χ4n) is 3.11. The summed E-state index contributed by atoms with van der Waals surface area (Å²) in [5.41, 5.74) is 2.15. The van der Waals surface area contributed by atoms with Crippen LogP contribution in [0, 0.1) is 0 Å². The number of hydrogen-bond donors (Lipinski definition) is 1. The van der Waals surface area contributed by atoms with Crippen LogP contribution in [0.25, 0.3) is 5.69 Å². The monoisotopic (exact) mass is 427 g/mol. The zero-order chi connectivity index (χ0) is 21.7. The predicted molar refractivity (Wildman–Crippen MR) is 114 cm³/mol. The normalized spacial score (nSPS) is 12.7. The summed E-state index contributed by atoms with van der Waals surface area (Å²) in [6.07, 6.45) is 3.03. The summed E-state index contributed by atoms with van der Waals surface area (Å²) in [5, 5.41) is 6.99. The van der Waals surface area contributed by atoms with Gasteiger partial charge in [-0.05, 0) is 48.9 Å². The summed E-state index contributed by atoms with van der Waals surface area (Å²) < 4.78 is 28.2. The van der Waals surface area contributed by atoms with Crippen LogP contribution in [0.3, 0.4) is 0 Å². The first-order valence-corrected chi connectivity index (χ1v) is 11.2. The lowest BCUT2D eigenvalue weighted by molar-refractivity contribution is 0.0940. The Kier molecular flexibility index (Phi) is 6.63. The van der Waals surface area contributed by atoms with Crippen LogP contribution < -0.4 is 5.32 Å². The summed E-state index contributed by atoms with van der Waals surface area (Å²) in [6.45, 7) is 6.32. The second-order valence-electron chi connectivity index (χ2n) is 6.74. The maximum atomic E-state index is 12.6. The van der Waals surface area contributed by atoms with Gasteiger partial charge in [0.25, 0.3) is 5.91 Å². The van der Waals surface area contributed by atoms with Crippen molar-refractivity contribution in [2.45, 2.75) is 31.7 Å². The van der Waals surface area contributed by atoms with Crippen molar-refractivity contribution in [3.05, 3.63) is 72.3 Å². The third-order valence-corrected chi connectivity index (χ3v) is 6.95. The Balaban J connectivity index is 1.68. The second-order valence-corrected chi connectivity index (χ2v) is 8.68. The van der Waals surface area contributed by atoms with E-state index in [1.54, 1.807) is 59.5 Å². The fraction of sp³-hybridized carbons (Fsp3) is 0.286. The first-order chi connectivity index (χ1) is 14.4. The van der Waals surface area contributed by atoms with Crippen LogP contribution in [0.1, 0.15) is 42.7 Å². The van der Waals surface area contributed by atoms with E-state index in [4.69, 9.17) is 0 Å². The van der Waals surface area contributed by atoms with Crippen LogP contribution in [0.5, 0.6) is 0 Å². The van der Waals surface area contributed by atoms with Gasteiger partial charge in [-0.2, -0.15) is 9.40 Å². The zero-order valence-corrected chi connectivity index (χ0v) is 18.0. The molecule has 0 aliphatic carbocycles. The maximum absolute atomic E-state index is 12.6. The molecule has 1 atom stereocenters. The highest BCUT2D eigenvalue weighted by molar-refractivity contribution is 7.89. The predicted octanol–water partition coefficient (Wildman–Crippen LogP) is 2.79. The first-order valence-electron chi connectivity index (χ1n) is 9.72. The van der Waals surface area contributed by atoms with Crippen molar-refractivity contribution in [2.24, 2.45) is 0 Å². The summed E-state index contributed by atoms with van der Waals surface area (Å²) >= 11 is 0. The van der Waals surface area contributed by atoms with Gasteiger partial charge in [0.15, 0.2) is 0 Å². The van der Waals surface area contributed by atoms with Crippen LogP contribution in [0.2, 0.25) is 0 Å². The molecule has 3 rings (SSSR count). The van der Waals surface area contributed by atoms with E-state index in [1.165, 1.54) is 10.6 Å². The van der Waals surface area contributed by atoms with E-state index in [0.717, 1.165) is 11.3 Å². The number of hydrogen-bond acceptors (Lipinski definition) is 5. The fourth-order valence-corrected chi connectivity index (χ4v) is 4.57. The Hall–Kier alpha value is -3.04. The average Bonchev–Trinajstić information content (AvgIpc) is 3.29. The number of nitrogens with zero attached hydrogens (tertiary/aromatic N) is 4. The molecule has 1 heterocycles. The molecule has 1 unspecified atom stereocenters. The number of carbonyl (C=O) groups excluding carboxylic acids is 1. The van der Waals surface area contributed by atoms with E-state index in [1.807, 2.05) is 20.8 Å². The number of carbonyl (C=O) groups is 1. The van der Waals surface area contributed by atoms with E-state index in [-0.39, 0.29) is 16.8 Å². The van der Waals surface area contributed by atoms with Gasteiger partial charge in [-0.1, -0.05) is 26.0 Å². The molecule has 0 bridgehead atoms. The summed E-state index contributed by atoms with van der Waals surface area (Å²) in [6, 6.07) is 13.4. The molecule has 9 heteroatoms. The standard InChI is InChI=1S/C21H25N5O3S/c1-4-25(5-2)30(28,29)20-12-8-17(9-13-20)16(3)24-21(27)18-6-10-19(11-7-18)26-15-22-14-23-26/h6-16H,4-5H2,1-3H3,(H,24,27). The van der Waals surface area contributed by atoms with Gasteiger partial charge < -0.3 is 5.32 Å². The summed E-state index contributed by atoms with van der Waals surface area (Å²) in [5.74, 6) is -0.215. The van der Waals surface area contributed by atoms with Crippen molar-refractivity contribution in [3.8, 4) is 5.69 Å². The van der Waals surface area contributed by atoms with Crippen LogP contribution in [0.15, 0.2) is 66.1 Å². The second kappa shape index (κ2) is 9.19. The van der Waals surface area contributed by atoms with E-state index in [9.17, 15) is 13.2 Å². The minimum atomic E-state index is -3.50. The number of benzene rings is 2. The van der Waals surface area contributed by atoms with Gasteiger partial charge in [-0.25, -0.2) is 18.1 Å². The van der Waals surface area contributed by atoms with Gasteiger partial charge in [0.2, 0.25) is 10.0 Å². The number of nitrogens with one attached hydrogen (secondary N) is 1. The molecular formula is C21H25N5O3S. The van der Waals surface area contributed by atoms with E-state index < -0.39 is 10.0 Å². The number of aromatic nitrogens is 3. The minimum absolute atomic E-state index is 0.215. The van der Waals surface area contributed by atoms with Gasteiger partial charge in [-0.15, -0.1) is 0 Å². The third kappa shape index (κ3) is 4.58. The highest BCUT2D eigenvalue weighted by atomic mass is 32.2. The molecule has 0 saturated heterocycles. The molecule has 30 heavy (non-hydrogen) atoms. The molecule has 0 fully saturated rings. The molecular weight excluding hydrogens is 402 g/mol. The molecule has 0 spiro atoms. The zero-order valence-electron chi connectivity index (χ0n) is 17.2. The molecule has 0 radical (unpaired) electrons. The first kappa shape index (κ1) is 21.7. The molecule has 1 aromatic heterocycles. The lowest BCUT2D eigenvalue weighted by atomic mass is 10.1. The van der Waals surface area contributed by atoms with Crippen molar-refractivity contribution in [1.29, 1.82) is 0 Å². The number of amides is 1. The highest BCUT2D eigenvalue weighted by Crippen LogP contribution is 2.20. The van der Waals surface area contributed by atoms with Gasteiger partial charge in [0.1, 0.15) is 12.7 Å². The van der Waals surface area contributed by atoms with E-state index in [0.29, 0.717) is 18.7 Å². The Labute approximate surface area is 176 Å². The van der Waals surface area contributed by atoms with Crippen molar-refractivity contribution < 1.29 is 13.2 Å². The van der Waals surface area contributed by atoms with E-state index in [2.05, 4.69) is 15.4 Å². The Morgan fingerprint density at radius 2 is 1.70 bits per heavy atom. The molecule has 158 valence electrons. The Morgan fingerprint density at radius 1 is 1.07 bits per heavy atom. The SMILES string of the molecule is CCN(CC)S(=O)(=O)c1ccc(C(C)NC(=O)c2ccc(-n3cncn3)cc2)cc1. The van der Waals surface area contributed by atoms with Gasteiger partial charge in [0, 0.05) is 18.7 Å². The molecule has 8 nitrogen and oxygen atoms in total. The van der Waals surface area contributed by atoms with Crippen LogP contribution in [-0.4, -0.2) is 46.5 Å². The molecule has 1 N–H and O–H groups in total. The smallest absolute Gasteiger partial charge is 0.251 e. The molecule has 2 aromatic carbocycles. The van der Waals surface area contributed by atoms with Crippen LogP contribution >= 0.6 is 0 Å². The van der Waals surface area contributed by atoms with Crippen LogP contribution in [0.4, 0.5) is 0 Å². The maximum Gasteiger partial charge on any atom is 0.251 e. The third-order valence-electron chi connectivity index (χ3n) is 4.88. The average molecular weight is 428 g/mol. The quantitative estimate of drug-likeness (QED) is 0.596. The molecule has 0 aliphatic rings. The van der Waals surface area contributed by atoms with Gasteiger partial charge in [-0.3, -0.25) is 4.79 Å².